The van der Waals surface area contributed by atoms with Gasteiger partial charge in [0.15, 0.2) is 0 Å². The van der Waals surface area contributed by atoms with Crippen LogP contribution >= 0.6 is 0 Å². The molecule has 2 nitrogen and oxygen atoms in total. The van der Waals surface area contributed by atoms with E-state index in [1.807, 2.05) is 6.07 Å². The molecule has 76 valence electrons. The number of hydrogen-bond donors (Lipinski definition) is 0. The van der Waals surface area contributed by atoms with Crippen LogP contribution in [0.2, 0.25) is 0 Å². The summed E-state index contributed by atoms with van der Waals surface area (Å²) < 4.78 is 13.6. The number of nitriles is 1. The second-order valence-electron chi connectivity index (χ2n) is 4.63. The van der Waals surface area contributed by atoms with E-state index in [0.29, 0.717) is 16.7 Å². The molecule has 0 radical (unpaired) electrons. The van der Waals surface area contributed by atoms with E-state index in [0.717, 1.165) is 13.1 Å². The SMILES string of the molecule is N#Cc1ccc(N2CC3(CC3)C2)c(F)c1. The van der Waals surface area contributed by atoms with Crippen molar-refractivity contribution in [2.75, 3.05) is 18.0 Å². The van der Waals surface area contributed by atoms with Crippen LogP contribution in [0.25, 0.3) is 0 Å². The fourth-order valence-corrected chi connectivity index (χ4v) is 2.26. The molecule has 2 aliphatic rings. The molecular formula is C12H11FN2. The van der Waals surface area contributed by atoms with E-state index < -0.39 is 0 Å². The van der Waals surface area contributed by atoms with Gasteiger partial charge in [0, 0.05) is 18.5 Å². The van der Waals surface area contributed by atoms with Crippen LogP contribution in [-0.2, 0) is 0 Å². The van der Waals surface area contributed by atoms with Gasteiger partial charge in [0.05, 0.1) is 17.3 Å². The third-order valence-electron chi connectivity index (χ3n) is 3.43. The highest BCUT2D eigenvalue weighted by Gasteiger charge is 2.52. The van der Waals surface area contributed by atoms with Gasteiger partial charge >= 0.3 is 0 Å². The topological polar surface area (TPSA) is 27.0 Å². The third-order valence-corrected chi connectivity index (χ3v) is 3.43. The van der Waals surface area contributed by atoms with Crippen LogP contribution in [0.4, 0.5) is 10.1 Å². The van der Waals surface area contributed by atoms with Gasteiger partial charge in [-0.2, -0.15) is 5.26 Å². The van der Waals surface area contributed by atoms with E-state index in [-0.39, 0.29) is 5.82 Å². The van der Waals surface area contributed by atoms with Crippen molar-refractivity contribution in [1.29, 1.82) is 5.26 Å². The monoisotopic (exact) mass is 202 g/mol. The number of hydrogen-bond acceptors (Lipinski definition) is 2. The summed E-state index contributed by atoms with van der Waals surface area (Å²) in [6, 6.07) is 6.64. The Kier molecular flexibility index (Phi) is 1.59. The summed E-state index contributed by atoms with van der Waals surface area (Å²) in [5.74, 6) is -0.274. The molecule has 1 spiro atoms. The molecule has 3 heteroatoms. The van der Waals surface area contributed by atoms with E-state index in [9.17, 15) is 4.39 Å². The van der Waals surface area contributed by atoms with E-state index in [1.54, 1.807) is 12.1 Å². The van der Waals surface area contributed by atoms with Gasteiger partial charge in [0.2, 0.25) is 0 Å². The maximum atomic E-state index is 13.6. The Labute approximate surface area is 87.9 Å². The molecule has 3 rings (SSSR count). The summed E-state index contributed by atoms with van der Waals surface area (Å²) >= 11 is 0. The molecule has 0 N–H and O–H groups in total. The Morgan fingerprint density at radius 3 is 2.60 bits per heavy atom. The van der Waals surface area contributed by atoms with Crippen LogP contribution in [-0.4, -0.2) is 13.1 Å². The van der Waals surface area contributed by atoms with Crippen LogP contribution in [0, 0.1) is 22.6 Å². The zero-order valence-electron chi connectivity index (χ0n) is 8.33. The Balaban J connectivity index is 1.84. The molecule has 0 unspecified atom stereocenters. The molecule has 1 aromatic carbocycles. The maximum absolute atomic E-state index is 13.6. The average molecular weight is 202 g/mol. The standard InChI is InChI=1S/C12H11FN2/c13-10-5-9(6-14)1-2-11(10)15-7-12(8-15)3-4-12/h1-2,5H,3-4,7-8H2. The van der Waals surface area contributed by atoms with Gasteiger partial charge in [-0.1, -0.05) is 0 Å². The minimum atomic E-state index is -0.274. The van der Waals surface area contributed by atoms with E-state index >= 15 is 0 Å². The molecule has 1 saturated heterocycles. The lowest BCUT2D eigenvalue weighted by Gasteiger charge is -2.41. The third kappa shape index (κ3) is 1.29. The number of benzene rings is 1. The fraction of sp³-hybridized carbons (Fsp3) is 0.417. The zero-order valence-corrected chi connectivity index (χ0v) is 8.33. The second-order valence-corrected chi connectivity index (χ2v) is 4.63. The highest BCUT2D eigenvalue weighted by Crippen LogP contribution is 2.54. The summed E-state index contributed by atoms with van der Waals surface area (Å²) in [5.41, 5.74) is 1.56. The van der Waals surface area contributed by atoms with Gasteiger partial charge in [0.1, 0.15) is 5.82 Å². The summed E-state index contributed by atoms with van der Waals surface area (Å²) in [6.07, 6.45) is 2.59. The maximum Gasteiger partial charge on any atom is 0.147 e. The van der Waals surface area contributed by atoms with E-state index in [1.165, 1.54) is 18.9 Å². The molecule has 1 aromatic rings. The molecule has 0 aromatic heterocycles. The first-order valence-corrected chi connectivity index (χ1v) is 5.17. The van der Waals surface area contributed by atoms with Crippen molar-refractivity contribution in [3.63, 3.8) is 0 Å². The lowest BCUT2D eigenvalue weighted by atomic mass is 9.96. The van der Waals surface area contributed by atoms with E-state index in [2.05, 4.69) is 4.90 Å². The predicted octanol–water partition coefficient (Wildman–Crippen LogP) is 2.30. The van der Waals surface area contributed by atoms with Crippen molar-refractivity contribution < 1.29 is 4.39 Å². The Morgan fingerprint density at radius 1 is 1.33 bits per heavy atom. The minimum absolute atomic E-state index is 0.274. The van der Waals surface area contributed by atoms with Crippen LogP contribution < -0.4 is 4.90 Å². The molecule has 1 saturated carbocycles. The first kappa shape index (κ1) is 8.72. The quantitative estimate of drug-likeness (QED) is 0.698. The average Bonchev–Trinajstić information content (AvgIpc) is 2.95. The number of nitrogens with zero attached hydrogens (tertiary/aromatic N) is 2. The van der Waals surface area contributed by atoms with Crippen molar-refractivity contribution in [3.05, 3.63) is 29.6 Å². The number of halogens is 1. The van der Waals surface area contributed by atoms with Crippen LogP contribution in [0.5, 0.6) is 0 Å². The molecule has 1 aliphatic carbocycles. The number of rotatable bonds is 1. The summed E-state index contributed by atoms with van der Waals surface area (Å²) in [5, 5.41) is 8.63. The molecule has 1 heterocycles. The lowest BCUT2D eigenvalue weighted by Crippen LogP contribution is -2.48. The molecule has 15 heavy (non-hydrogen) atoms. The predicted molar refractivity (Wildman–Crippen MR) is 55.0 cm³/mol. The minimum Gasteiger partial charge on any atom is -0.368 e. The van der Waals surface area contributed by atoms with Crippen LogP contribution in [0.1, 0.15) is 18.4 Å². The molecule has 2 fully saturated rings. The van der Waals surface area contributed by atoms with Crippen molar-refractivity contribution in [3.8, 4) is 6.07 Å². The smallest absolute Gasteiger partial charge is 0.147 e. The highest BCUT2D eigenvalue weighted by molar-refractivity contribution is 5.54. The molecule has 0 amide bonds. The summed E-state index contributed by atoms with van der Waals surface area (Å²) in [7, 11) is 0. The van der Waals surface area contributed by atoms with E-state index in [4.69, 9.17) is 5.26 Å². The Hall–Kier alpha value is -1.56. The van der Waals surface area contributed by atoms with Gasteiger partial charge in [-0.05, 0) is 31.0 Å². The lowest BCUT2D eigenvalue weighted by molar-refractivity contribution is 0.382. The highest BCUT2D eigenvalue weighted by atomic mass is 19.1. The van der Waals surface area contributed by atoms with Gasteiger partial charge in [-0.15, -0.1) is 0 Å². The van der Waals surface area contributed by atoms with Crippen LogP contribution in [0.15, 0.2) is 18.2 Å². The first-order chi connectivity index (χ1) is 7.22. The molecule has 0 bridgehead atoms. The Morgan fingerprint density at radius 2 is 2.07 bits per heavy atom. The van der Waals surface area contributed by atoms with Crippen molar-refractivity contribution in [2.24, 2.45) is 5.41 Å². The van der Waals surface area contributed by atoms with Gasteiger partial charge in [0.25, 0.3) is 0 Å². The molecular weight excluding hydrogens is 191 g/mol. The summed E-state index contributed by atoms with van der Waals surface area (Å²) in [6.45, 7) is 1.96. The van der Waals surface area contributed by atoms with Crippen LogP contribution in [0.3, 0.4) is 0 Å². The fourth-order valence-electron chi connectivity index (χ4n) is 2.26. The zero-order chi connectivity index (χ0) is 10.5. The largest absolute Gasteiger partial charge is 0.368 e. The molecule has 0 atom stereocenters. The van der Waals surface area contributed by atoms with Gasteiger partial charge in [-0.25, -0.2) is 4.39 Å². The second kappa shape index (κ2) is 2.73. The van der Waals surface area contributed by atoms with Crippen molar-refractivity contribution in [2.45, 2.75) is 12.8 Å². The van der Waals surface area contributed by atoms with Crippen molar-refractivity contribution in [1.82, 2.24) is 0 Å². The number of anilines is 1. The first-order valence-electron chi connectivity index (χ1n) is 5.17. The van der Waals surface area contributed by atoms with Gasteiger partial charge in [-0.3, -0.25) is 0 Å². The van der Waals surface area contributed by atoms with Gasteiger partial charge < -0.3 is 4.90 Å². The normalized spacial score (nSPS) is 20.9. The summed E-state index contributed by atoms with van der Waals surface area (Å²) in [4.78, 5) is 2.06. The molecule has 1 aliphatic heterocycles. The Bertz CT molecular complexity index is 449. The van der Waals surface area contributed by atoms with Crippen molar-refractivity contribution >= 4 is 5.69 Å².